The lowest BCUT2D eigenvalue weighted by atomic mass is 9.62. The zero-order valence-corrected chi connectivity index (χ0v) is 15.5. The fourth-order valence-electron chi connectivity index (χ4n) is 4.11. The predicted molar refractivity (Wildman–Crippen MR) is 92.5 cm³/mol. The molecule has 0 saturated heterocycles. The monoisotopic (exact) mass is 403 g/mol. The van der Waals surface area contributed by atoms with E-state index in [4.69, 9.17) is 17.3 Å². The molecule has 10 heteroatoms. The van der Waals surface area contributed by atoms with Crippen molar-refractivity contribution in [1.82, 2.24) is 20.2 Å². The maximum Gasteiger partial charge on any atom is 0.416 e. The van der Waals surface area contributed by atoms with Gasteiger partial charge in [-0.25, -0.2) is 0 Å². The molecule has 0 aromatic carbocycles. The standard InChI is InChI=1S/C17H21ClF3N5O/c1-10-23-25-26(24-10)9-11-2-4-12(5-3-11)16(15(22)27)8-13(17(19,20)21)6-7-14(16)18/h6-8,11-12,14H,2-5,9H2,1H3,(H2,22,27). The summed E-state index contributed by atoms with van der Waals surface area (Å²) in [4.78, 5) is 13.8. The van der Waals surface area contributed by atoms with Gasteiger partial charge in [-0.3, -0.25) is 4.79 Å². The van der Waals surface area contributed by atoms with Gasteiger partial charge >= 0.3 is 6.18 Å². The molecule has 1 heterocycles. The van der Waals surface area contributed by atoms with E-state index in [1.807, 2.05) is 0 Å². The number of hydrogen-bond donors (Lipinski definition) is 1. The second kappa shape index (κ2) is 7.26. The maximum absolute atomic E-state index is 13.2. The molecule has 1 saturated carbocycles. The number of allylic oxidation sites excluding steroid dienone is 3. The SMILES string of the molecule is Cc1nnn(CC2CCC(C3(C(N)=O)C=C(C(F)(F)F)C=CC3Cl)CC2)n1. The number of nitrogens with zero attached hydrogens (tertiary/aromatic N) is 4. The lowest BCUT2D eigenvalue weighted by Gasteiger charge is -2.43. The largest absolute Gasteiger partial charge is 0.416 e. The van der Waals surface area contributed by atoms with Crippen LogP contribution in [0.25, 0.3) is 0 Å². The molecule has 2 aliphatic carbocycles. The van der Waals surface area contributed by atoms with E-state index >= 15 is 0 Å². The van der Waals surface area contributed by atoms with Crippen molar-refractivity contribution in [3.63, 3.8) is 0 Å². The molecule has 3 rings (SSSR count). The fraction of sp³-hybridized carbons (Fsp3) is 0.647. The van der Waals surface area contributed by atoms with Crippen molar-refractivity contribution in [2.24, 2.45) is 23.0 Å². The zero-order valence-electron chi connectivity index (χ0n) is 14.8. The molecule has 2 unspecified atom stereocenters. The summed E-state index contributed by atoms with van der Waals surface area (Å²) in [5.74, 6) is -0.314. The number of hydrogen-bond acceptors (Lipinski definition) is 4. The Morgan fingerprint density at radius 1 is 1.37 bits per heavy atom. The zero-order chi connectivity index (χ0) is 19.8. The molecule has 1 fully saturated rings. The van der Waals surface area contributed by atoms with Crippen LogP contribution in [0.3, 0.4) is 0 Å². The summed E-state index contributed by atoms with van der Waals surface area (Å²) < 4.78 is 39.6. The molecular weight excluding hydrogens is 383 g/mol. The Balaban J connectivity index is 1.77. The molecule has 2 atom stereocenters. The second-order valence-corrected chi connectivity index (χ2v) is 7.73. The van der Waals surface area contributed by atoms with E-state index in [0.717, 1.165) is 25.0 Å². The molecule has 148 valence electrons. The van der Waals surface area contributed by atoms with Crippen molar-refractivity contribution in [2.75, 3.05) is 0 Å². The highest BCUT2D eigenvalue weighted by Crippen LogP contribution is 2.49. The number of nitrogens with two attached hydrogens (primary N) is 1. The average Bonchev–Trinajstić information content (AvgIpc) is 3.00. The molecule has 0 aliphatic heterocycles. The minimum Gasteiger partial charge on any atom is -0.369 e. The van der Waals surface area contributed by atoms with E-state index in [0.29, 0.717) is 25.2 Å². The third kappa shape index (κ3) is 3.88. The summed E-state index contributed by atoms with van der Waals surface area (Å²) >= 11 is 6.32. The number of primary amides is 1. The first-order valence-electron chi connectivity index (χ1n) is 8.79. The van der Waals surface area contributed by atoms with Crippen molar-refractivity contribution in [2.45, 2.75) is 50.7 Å². The Morgan fingerprint density at radius 3 is 2.56 bits per heavy atom. The minimum absolute atomic E-state index is 0.263. The van der Waals surface area contributed by atoms with Gasteiger partial charge in [0.15, 0.2) is 5.82 Å². The van der Waals surface area contributed by atoms with Crippen LogP contribution in [0.1, 0.15) is 31.5 Å². The van der Waals surface area contributed by atoms with Gasteiger partial charge in [0.25, 0.3) is 0 Å². The highest BCUT2D eigenvalue weighted by atomic mass is 35.5. The molecule has 6 nitrogen and oxygen atoms in total. The van der Waals surface area contributed by atoms with Gasteiger partial charge in [0, 0.05) is 0 Å². The first-order valence-corrected chi connectivity index (χ1v) is 9.23. The molecule has 27 heavy (non-hydrogen) atoms. The number of halogens is 4. The highest BCUT2D eigenvalue weighted by Gasteiger charge is 2.51. The van der Waals surface area contributed by atoms with Crippen molar-refractivity contribution < 1.29 is 18.0 Å². The van der Waals surface area contributed by atoms with Crippen molar-refractivity contribution >= 4 is 17.5 Å². The van der Waals surface area contributed by atoms with Crippen LogP contribution in [-0.4, -0.2) is 37.7 Å². The molecule has 1 aromatic heterocycles. The number of aromatic nitrogens is 4. The van der Waals surface area contributed by atoms with Crippen molar-refractivity contribution in [1.29, 1.82) is 0 Å². The first kappa shape index (κ1) is 19.9. The van der Waals surface area contributed by atoms with E-state index in [-0.39, 0.29) is 11.8 Å². The second-order valence-electron chi connectivity index (χ2n) is 7.26. The van der Waals surface area contributed by atoms with E-state index < -0.39 is 28.4 Å². The van der Waals surface area contributed by atoms with Gasteiger partial charge in [-0.1, -0.05) is 18.2 Å². The molecule has 0 radical (unpaired) electrons. The number of amides is 1. The Morgan fingerprint density at radius 2 is 2.04 bits per heavy atom. The predicted octanol–water partition coefficient (Wildman–Crippen LogP) is 2.93. The van der Waals surface area contributed by atoms with E-state index in [2.05, 4.69) is 15.4 Å². The molecule has 1 aromatic rings. The number of alkyl halides is 4. The Labute approximate surface area is 159 Å². The minimum atomic E-state index is -4.55. The van der Waals surface area contributed by atoms with Crippen LogP contribution < -0.4 is 5.73 Å². The summed E-state index contributed by atoms with van der Waals surface area (Å²) in [5.41, 5.74) is 3.18. The summed E-state index contributed by atoms with van der Waals surface area (Å²) in [6.07, 6.45) is 1.10. The van der Waals surface area contributed by atoms with E-state index in [9.17, 15) is 18.0 Å². The Bertz CT molecular complexity index is 767. The molecule has 2 aliphatic rings. The maximum atomic E-state index is 13.2. The Kier molecular flexibility index (Phi) is 5.33. The number of aryl methyl sites for hydroxylation is 1. The van der Waals surface area contributed by atoms with E-state index in [1.165, 1.54) is 10.9 Å². The van der Waals surface area contributed by atoms with Crippen molar-refractivity contribution in [3.8, 4) is 0 Å². The van der Waals surface area contributed by atoms with Gasteiger partial charge < -0.3 is 5.73 Å². The summed E-state index contributed by atoms with van der Waals surface area (Å²) in [6, 6.07) is 0. The number of tetrazole rings is 1. The van der Waals surface area contributed by atoms with Gasteiger partial charge in [-0.15, -0.1) is 21.8 Å². The van der Waals surface area contributed by atoms with Crippen LogP contribution in [0.15, 0.2) is 23.8 Å². The smallest absolute Gasteiger partial charge is 0.369 e. The van der Waals surface area contributed by atoms with Gasteiger partial charge in [0.1, 0.15) is 0 Å². The Hall–Kier alpha value is -1.90. The third-order valence-corrected chi connectivity index (χ3v) is 6.05. The average molecular weight is 404 g/mol. The van der Waals surface area contributed by atoms with Crippen LogP contribution in [0.2, 0.25) is 0 Å². The molecular formula is C17H21ClF3N5O. The quantitative estimate of drug-likeness (QED) is 0.783. The molecule has 0 bridgehead atoms. The first-order chi connectivity index (χ1) is 12.6. The van der Waals surface area contributed by atoms with Crippen molar-refractivity contribution in [3.05, 3.63) is 29.6 Å². The van der Waals surface area contributed by atoms with Crippen LogP contribution in [0.5, 0.6) is 0 Å². The highest BCUT2D eigenvalue weighted by molar-refractivity contribution is 6.24. The molecule has 1 amide bonds. The van der Waals surface area contributed by atoms with Crippen LogP contribution in [0, 0.1) is 24.2 Å². The molecule has 0 spiro atoms. The number of carbonyl (C=O) groups excluding carboxylic acids is 1. The van der Waals surface area contributed by atoms with Crippen LogP contribution in [0.4, 0.5) is 13.2 Å². The normalized spacial score (nSPS) is 31.6. The third-order valence-electron chi connectivity index (χ3n) is 5.55. The van der Waals surface area contributed by atoms with Gasteiger partial charge in [0.05, 0.1) is 22.9 Å². The lowest BCUT2D eigenvalue weighted by Crippen LogP contribution is -2.50. The lowest BCUT2D eigenvalue weighted by molar-refractivity contribution is -0.129. The molecule has 2 N–H and O–H groups in total. The number of carbonyl (C=O) groups is 1. The van der Waals surface area contributed by atoms with E-state index in [1.54, 1.807) is 6.92 Å². The van der Waals surface area contributed by atoms with Gasteiger partial charge in [0.2, 0.25) is 5.91 Å². The van der Waals surface area contributed by atoms with Gasteiger partial charge in [-0.2, -0.15) is 18.0 Å². The fourth-order valence-corrected chi connectivity index (χ4v) is 4.54. The summed E-state index contributed by atoms with van der Waals surface area (Å²) in [7, 11) is 0. The number of rotatable bonds is 4. The van der Waals surface area contributed by atoms with Gasteiger partial charge in [-0.05, 0) is 49.7 Å². The topological polar surface area (TPSA) is 86.7 Å². The summed E-state index contributed by atoms with van der Waals surface area (Å²) in [5, 5.41) is 11.0. The van der Waals surface area contributed by atoms with Crippen LogP contribution >= 0.6 is 11.6 Å². The van der Waals surface area contributed by atoms with Crippen LogP contribution in [-0.2, 0) is 11.3 Å². The summed E-state index contributed by atoms with van der Waals surface area (Å²) in [6.45, 7) is 2.34.